The van der Waals surface area contributed by atoms with Crippen molar-refractivity contribution in [1.29, 1.82) is 0 Å². The maximum absolute atomic E-state index is 3.94. The van der Waals surface area contributed by atoms with Crippen molar-refractivity contribution in [2.45, 2.75) is 3.74 Å². The summed E-state index contributed by atoms with van der Waals surface area (Å²) in [4.78, 5) is 3.94. The molecule has 0 saturated carbocycles. The summed E-state index contributed by atoms with van der Waals surface area (Å²) in [5.74, 6) is 0. The Morgan fingerprint density at radius 1 is 1.40 bits per heavy atom. The van der Waals surface area contributed by atoms with E-state index in [9.17, 15) is 0 Å². The molecule has 0 spiro atoms. The molecule has 0 saturated heterocycles. The molecule has 0 bridgehead atoms. The lowest BCUT2D eigenvalue weighted by Crippen LogP contribution is -1.82. The summed E-state index contributed by atoms with van der Waals surface area (Å²) in [6.07, 6.45) is 3.53. The van der Waals surface area contributed by atoms with Crippen LogP contribution in [0.5, 0.6) is 0 Å². The van der Waals surface area contributed by atoms with E-state index >= 15 is 0 Å². The number of nitrogens with zero attached hydrogens (tertiary/aromatic N) is 1. The standard InChI is InChI=1S/C6H4Br3N/c7-5-3-10-2-1-4(5)6(8)9/h1-3,6H. The molecular formula is C6H4Br3N. The highest BCUT2D eigenvalue weighted by molar-refractivity contribution is 9.24. The molecule has 0 amide bonds. The fourth-order valence-corrected chi connectivity index (χ4v) is 2.46. The van der Waals surface area contributed by atoms with Crippen molar-refractivity contribution in [2.24, 2.45) is 0 Å². The summed E-state index contributed by atoms with van der Waals surface area (Å²) < 4.78 is 1.20. The van der Waals surface area contributed by atoms with Crippen LogP contribution in [0.1, 0.15) is 9.30 Å². The first-order chi connectivity index (χ1) is 4.72. The summed E-state index contributed by atoms with van der Waals surface area (Å²) >= 11 is 10.2. The molecule has 0 aromatic carbocycles. The monoisotopic (exact) mass is 327 g/mol. The van der Waals surface area contributed by atoms with E-state index in [1.165, 1.54) is 0 Å². The summed E-state index contributed by atoms with van der Waals surface area (Å²) in [7, 11) is 0. The lowest BCUT2D eigenvalue weighted by Gasteiger charge is -2.02. The smallest absolute Gasteiger partial charge is 0.0958 e. The topological polar surface area (TPSA) is 12.9 Å². The molecule has 0 unspecified atom stereocenters. The zero-order valence-electron chi connectivity index (χ0n) is 4.89. The number of alkyl halides is 2. The predicted molar refractivity (Wildman–Crippen MR) is 52.5 cm³/mol. The highest BCUT2D eigenvalue weighted by atomic mass is 79.9. The minimum atomic E-state index is 0.192. The van der Waals surface area contributed by atoms with Gasteiger partial charge >= 0.3 is 0 Å². The van der Waals surface area contributed by atoms with Gasteiger partial charge in [-0.3, -0.25) is 4.98 Å². The maximum Gasteiger partial charge on any atom is 0.0958 e. The molecule has 1 heterocycles. The summed E-state index contributed by atoms with van der Waals surface area (Å²) in [6.45, 7) is 0. The molecule has 1 aromatic rings. The molecule has 0 aliphatic heterocycles. The molecule has 10 heavy (non-hydrogen) atoms. The Labute approximate surface area is 84.6 Å². The average Bonchev–Trinajstić information content (AvgIpc) is 1.88. The first-order valence-corrected chi connectivity index (χ1v) is 5.22. The Hall–Kier alpha value is 0.590. The van der Waals surface area contributed by atoms with E-state index in [1.54, 1.807) is 12.4 Å². The Bertz CT molecular complexity index is 224. The van der Waals surface area contributed by atoms with Crippen LogP contribution in [0.2, 0.25) is 0 Å². The van der Waals surface area contributed by atoms with Crippen molar-refractivity contribution in [3.8, 4) is 0 Å². The normalized spacial score (nSPS) is 10.4. The fraction of sp³-hybridized carbons (Fsp3) is 0.167. The fourth-order valence-electron chi connectivity index (χ4n) is 0.563. The second kappa shape index (κ2) is 3.83. The Kier molecular flexibility index (Phi) is 3.33. The van der Waals surface area contributed by atoms with Crippen LogP contribution in [-0.2, 0) is 0 Å². The lowest BCUT2D eigenvalue weighted by atomic mass is 10.3. The molecule has 0 radical (unpaired) electrons. The van der Waals surface area contributed by atoms with E-state index in [-0.39, 0.29) is 3.74 Å². The van der Waals surface area contributed by atoms with Gasteiger partial charge in [0.1, 0.15) is 0 Å². The molecule has 54 valence electrons. The molecular weight excluding hydrogens is 326 g/mol. The van der Waals surface area contributed by atoms with Gasteiger partial charge in [0, 0.05) is 16.9 Å². The molecule has 1 rings (SSSR count). The second-order valence-electron chi connectivity index (χ2n) is 1.70. The highest BCUT2D eigenvalue weighted by Gasteiger charge is 2.05. The van der Waals surface area contributed by atoms with Crippen molar-refractivity contribution in [3.63, 3.8) is 0 Å². The van der Waals surface area contributed by atoms with E-state index < -0.39 is 0 Å². The molecule has 0 N–H and O–H groups in total. The highest BCUT2D eigenvalue weighted by Crippen LogP contribution is 2.33. The van der Waals surface area contributed by atoms with Gasteiger partial charge in [0.15, 0.2) is 0 Å². The number of halogens is 3. The van der Waals surface area contributed by atoms with Crippen LogP contribution in [0.25, 0.3) is 0 Å². The molecule has 0 aliphatic carbocycles. The van der Waals surface area contributed by atoms with Crippen LogP contribution in [0.15, 0.2) is 22.9 Å². The molecule has 0 atom stereocenters. The van der Waals surface area contributed by atoms with Gasteiger partial charge in [-0.1, -0.05) is 31.9 Å². The number of aromatic nitrogens is 1. The average molecular weight is 330 g/mol. The van der Waals surface area contributed by atoms with Crippen molar-refractivity contribution < 1.29 is 0 Å². The quantitative estimate of drug-likeness (QED) is 0.717. The Morgan fingerprint density at radius 3 is 2.50 bits per heavy atom. The van der Waals surface area contributed by atoms with Gasteiger partial charge < -0.3 is 0 Å². The Balaban J connectivity index is 3.03. The SMILES string of the molecule is Brc1cnccc1C(Br)Br. The first-order valence-electron chi connectivity index (χ1n) is 2.59. The minimum Gasteiger partial charge on any atom is -0.264 e. The van der Waals surface area contributed by atoms with Gasteiger partial charge in [-0.05, 0) is 27.6 Å². The summed E-state index contributed by atoms with van der Waals surface area (Å²) in [5.41, 5.74) is 1.15. The van der Waals surface area contributed by atoms with Crippen LogP contribution in [0.3, 0.4) is 0 Å². The largest absolute Gasteiger partial charge is 0.264 e. The van der Waals surface area contributed by atoms with Gasteiger partial charge in [0.05, 0.1) is 3.74 Å². The van der Waals surface area contributed by atoms with E-state index in [4.69, 9.17) is 0 Å². The summed E-state index contributed by atoms with van der Waals surface area (Å²) in [6, 6.07) is 1.94. The van der Waals surface area contributed by atoms with Crippen molar-refractivity contribution >= 4 is 47.8 Å². The third kappa shape index (κ3) is 2.04. The molecule has 0 fully saturated rings. The predicted octanol–water partition coefficient (Wildman–Crippen LogP) is 3.63. The van der Waals surface area contributed by atoms with E-state index in [2.05, 4.69) is 52.8 Å². The molecule has 1 nitrogen and oxygen atoms in total. The van der Waals surface area contributed by atoms with Gasteiger partial charge in [0.2, 0.25) is 0 Å². The van der Waals surface area contributed by atoms with Crippen LogP contribution in [-0.4, -0.2) is 4.98 Å². The first kappa shape index (κ1) is 8.68. The number of hydrogen-bond acceptors (Lipinski definition) is 1. The maximum atomic E-state index is 3.94. The number of pyridine rings is 1. The third-order valence-electron chi connectivity index (χ3n) is 1.04. The van der Waals surface area contributed by atoms with E-state index in [0.717, 1.165) is 10.0 Å². The zero-order valence-corrected chi connectivity index (χ0v) is 9.65. The van der Waals surface area contributed by atoms with E-state index in [1.807, 2.05) is 6.07 Å². The van der Waals surface area contributed by atoms with Gasteiger partial charge in [0.25, 0.3) is 0 Å². The van der Waals surface area contributed by atoms with Crippen LogP contribution in [0.4, 0.5) is 0 Å². The van der Waals surface area contributed by atoms with Gasteiger partial charge in [-0.15, -0.1) is 0 Å². The van der Waals surface area contributed by atoms with Crippen molar-refractivity contribution in [3.05, 3.63) is 28.5 Å². The Morgan fingerprint density at radius 2 is 2.10 bits per heavy atom. The molecule has 1 aromatic heterocycles. The second-order valence-corrected chi connectivity index (χ2v) is 5.61. The molecule has 4 heteroatoms. The van der Waals surface area contributed by atoms with Crippen LogP contribution >= 0.6 is 47.8 Å². The van der Waals surface area contributed by atoms with Gasteiger partial charge in [-0.25, -0.2) is 0 Å². The lowest BCUT2D eigenvalue weighted by molar-refractivity contribution is 1.25. The van der Waals surface area contributed by atoms with Crippen LogP contribution in [0, 0.1) is 0 Å². The zero-order chi connectivity index (χ0) is 7.56. The van der Waals surface area contributed by atoms with Gasteiger partial charge in [-0.2, -0.15) is 0 Å². The van der Waals surface area contributed by atoms with Crippen molar-refractivity contribution in [2.75, 3.05) is 0 Å². The van der Waals surface area contributed by atoms with Crippen molar-refractivity contribution in [1.82, 2.24) is 4.98 Å². The van der Waals surface area contributed by atoms with Crippen LogP contribution < -0.4 is 0 Å². The number of hydrogen-bond donors (Lipinski definition) is 0. The minimum absolute atomic E-state index is 0.192. The molecule has 0 aliphatic rings. The summed E-state index contributed by atoms with van der Waals surface area (Å²) in [5, 5.41) is 0. The third-order valence-corrected chi connectivity index (χ3v) is 2.69. The van der Waals surface area contributed by atoms with E-state index in [0.29, 0.717) is 0 Å². The number of rotatable bonds is 1.